The summed E-state index contributed by atoms with van der Waals surface area (Å²) in [5.74, 6) is 0.0148. The summed E-state index contributed by atoms with van der Waals surface area (Å²) in [4.78, 5) is 41.7. The quantitative estimate of drug-likeness (QED) is 0.454. The van der Waals surface area contributed by atoms with E-state index in [9.17, 15) is 14.4 Å². The average Bonchev–Trinajstić information content (AvgIpc) is 3.42. The molecule has 4 rings (SSSR count). The highest BCUT2D eigenvalue weighted by Crippen LogP contribution is 2.35. The first-order valence-electron chi connectivity index (χ1n) is 10.8. The van der Waals surface area contributed by atoms with Crippen LogP contribution in [-0.4, -0.2) is 51.9 Å². The number of para-hydroxylation sites is 1. The summed E-state index contributed by atoms with van der Waals surface area (Å²) in [5, 5.41) is 1.93. The molecule has 0 spiro atoms. The van der Waals surface area contributed by atoms with Crippen LogP contribution in [0.15, 0.2) is 60.0 Å². The minimum Gasteiger partial charge on any atom is -0.486 e. The summed E-state index contributed by atoms with van der Waals surface area (Å²) in [5.41, 5.74) is 1.03. The predicted molar refractivity (Wildman–Crippen MR) is 130 cm³/mol. The van der Waals surface area contributed by atoms with Crippen LogP contribution in [0.5, 0.6) is 11.5 Å². The molecule has 35 heavy (non-hydrogen) atoms. The fraction of sp³-hybridized carbons (Fsp3) is 0.240. The topological polar surface area (TPSA) is 94.6 Å². The molecule has 0 saturated carbocycles. The minimum absolute atomic E-state index is 0.136. The summed E-state index contributed by atoms with van der Waals surface area (Å²) < 4.78 is 21.3. The Morgan fingerprint density at radius 1 is 1.00 bits per heavy atom. The van der Waals surface area contributed by atoms with Gasteiger partial charge in [-0.3, -0.25) is 9.69 Å². The van der Waals surface area contributed by atoms with Crippen LogP contribution in [0.1, 0.15) is 15.2 Å². The number of methoxy groups -OCH3 is 1. The Hall–Kier alpha value is -4.05. The molecule has 1 aliphatic rings. The van der Waals surface area contributed by atoms with Crippen LogP contribution < -0.4 is 19.3 Å². The summed E-state index contributed by atoms with van der Waals surface area (Å²) in [6, 6.07) is 15.5. The van der Waals surface area contributed by atoms with Crippen molar-refractivity contribution in [3.05, 3.63) is 70.4 Å². The number of carbonyl (C=O) groups is 3. The Kier molecular flexibility index (Phi) is 7.51. The molecule has 0 bridgehead atoms. The molecule has 182 valence electrons. The molecule has 2 amide bonds. The lowest BCUT2D eigenvalue weighted by molar-refractivity contribution is -0.121. The van der Waals surface area contributed by atoms with Gasteiger partial charge in [0.2, 0.25) is 0 Å². The van der Waals surface area contributed by atoms with Gasteiger partial charge in [0, 0.05) is 23.7 Å². The van der Waals surface area contributed by atoms with Crippen LogP contribution in [0.2, 0.25) is 0 Å². The number of carbonyl (C=O) groups excluding carboxylic acids is 3. The van der Waals surface area contributed by atoms with Crippen LogP contribution in [0.25, 0.3) is 0 Å². The zero-order valence-electron chi connectivity index (χ0n) is 19.3. The minimum atomic E-state index is -0.733. The van der Waals surface area contributed by atoms with E-state index in [4.69, 9.17) is 18.9 Å². The van der Waals surface area contributed by atoms with Crippen molar-refractivity contribution < 1.29 is 33.3 Å². The van der Waals surface area contributed by atoms with Crippen molar-refractivity contribution in [3.8, 4) is 11.5 Å². The number of thiophene rings is 1. The fourth-order valence-electron chi connectivity index (χ4n) is 3.54. The van der Waals surface area contributed by atoms with E-state index in [1.54, 1.807) is 36.4 Å². The van der Waals surface area contributed by atoms with E-state index in [0.29, 0.717) is 42.6 Å². The van der Waals surface area contributed by atoms with E-state index in [2.05, 4.69) is 0 Å². The molecule has 2 aromatic carbocycles. The van der Waals surface area contributed by atoms with Gasteiger partial charge in [0.1, 0.15) is 13.2 Å². The van der Waals surface area contributed by atoms with E-state index >= 15 is 0 Å². The highest BCUT2D eigenvalue weighted by atomic mass is 32.1. The van der Waals surface area contributed by atoms with Gasteiger partial charge in [-0.1, -0.05) is 18.2 Å². The Morgan fingerprint density at radius 3 is 2.51 bits per heavy atom. The average molecular weight is 497 g/mol. The maximum Gasteiger partial charge on any atom is 0.413 e. The third-order valence-corrected chi connectivity index (χ3v) is 6.15. The molecule has 0 N–H and O–H groups in total. The van der Waals surface area contributed by atoms with Crippen LogP contribution in [-0.2, 0) is 20.8 Å². The molecule has 1 aliphatic heterocycles. The van der Waals surface area contributed by atoms with Crippen LogP contribution >= 0.6 is 11.3 Å². The molecule has 2 heterocycles. The number of hydrogen-bond donors (Lipinski definition) is 0. The zero-order valence-corrected chi connectivity index (χ0v) is 20.1. The molecule has 0 atom stereocenters. The fourth-order valence-corrected chi connectivity index (χ4v) is 4.23. The number of anilines is 2. The van der Waals surface area contributed by atoms with Gasteiger partial charge in [0.25, 0.3) is 5.91 Å². The van der Waals surface area contributed by atoms with Gasteiger partial charge in [0.05, 0.1) is 24.9 Å². The smallest absolute Gasteiger partial charge is 0.413 e. The number of amides is 2. The van der Waals surface area contributed by atoms with Crippen molar-refractivity contribution >= 4 is 40.7 Å². The van der Waals surface area contributed by atoms with E-state index in [0.717, 1.165) is 4.88 Å². The van der Waals surface area contributed by atoms with Crippen molar-refractivity contribution in [2.24, 2.45) is 0 Å². The highest BCUT2D eigenvalue weighted by molar-refractivity contribution is 7.09. The number of benzene rings is 2. The summed E-state index contributed by atoms with van der Waals surface area (Å²) in [6.07, 6.45) is -0.637. The van der Waals surface area contributed by atoms with Crippen molar-refractivity contribution in [2.75, 3.05) is 43.8 Å². The third kappa shape index (κ3) is 5.55. The Labute approximate surface area is 206 Å². The zero-order chi connectivity index (χ0) is 24.8. The summed E-state index contributed by atoms with van der Waals surface area (Å²) in [6.45, 7) is 0.698. The summed E-state index contributed by atoms with van der Waals surface area (Å²) in [7, 11) is 2.73. The monoisotopic (exact) mass is 496 g/mol. The molecular formula is C25H24N2O7S. The van der Waals surface area contributed by atoms with E-state index in [1.165, 1.54) is 41.4 Å². The van der Waals surface area contributed by atoms with Crippen LogP contribution in [0, 0.1) is 0 Å². The van der Waals surface area contributed by atoms with Crippen LogP contribution in [0.3, 0.4) is 0 Å². The molecular weight excluding hydrogens is 472 g/mol. The lowest BCUT2D eigenvalue weighted by atomic mass is 10.1. The molecule has 3 aromatic rings. The van der Waals surface area contributed by atoms with Gasteiger partial charge in [-0.25, -0.2) is 9.59 Å². The number of rotatable bonds is 7. The first-order valence-corrected chi connectivity index (χ1v) is 11.7. The lowest BCUT2D eigenvalue weighted by Gasteiger charge is -2.25. The SMILES string of the molecule is COC(=O)N(C)c1ccccc1C(=O)OCC(=O)N(Cc1cccs1)c1ccc2c(c1)OCCO2. The van der Waals surface area contributed by atoms with Gasteiger partial charge >= 0.3 is 12.1 Å². The van der Waals surface area contributed by atoms with Gasteiger partial charge < -0.3 is 23.8 Å². The number of fused-ring (bicyclic) bond motifs is 1. The number of hydrogen-bond acceptors (Lipinski definition) is 8. The van der Waals surface area contributed by atoms with Crippen LogP contribution in [0.4, 0.5) is 16.2 Å². The summed E-state index contributed by atoms with van der Waals surface area (Å²) >= 11 is 1.52. The lowest BCUT2D eigenvalue weighted by Crippen LogP contribution is -2.34. The van der Waals surface area contributed by atoms with E-state index < -0.39 is 24.6 Å². The number of esters is 1. The molecule has 0 aliphatic carbocycles. The van der Waals surface area contributed by atoms with Crippen molar-refractivity contribution in [2.45, 2.75) is 6.54 Å². The number of nitrogens with zero attached hydrogens (tertiary/aromatic N) is 2. The first kappa shape index (κ1) is 24.1. The van der Waals surface area contributed by atoms with Gasteiger partial charge in [0.15, 0.2) is 18.1 Å². The second-order valence-electron chi connectivity index (χ2n) is 7.51. The van der Waals surface area contributed by atoms with Crippen molar-refractivity contribution in [3.63, 3.8) is 0 Å². The highest BCUT2D eigenvalue weighted by Gasteiger charge is 2.24. The van der Waals surface area contributed by atoms with Gasteiger partial charge in [-0.05, 0) is 35.7 Å². The molecule has 9 nitrogen and oxygen atoms in total. The number of ether oxygens (including phenoxy) is 4. The second kappa shape index (κ2) is 10.9. The molecule has 1 aromatic heterocycles. The molecule has 10 heteroatoms. The Morgan fingerprint density at radius 2 is 1.77 bits per heavy atom. The first-order chi connectivity index (χ1) is 17.0. The largest absolute Gasteiger partial charge is 0.486 e. The molecule has 0 fully saturated rings. The molecule has 0 unspecified atom stereocenters. The Balaban J connectivity index is 1.52. The van der Waals surface area contributed by atoms with Gasteiger partial charge in [-0.2, -0.15) is 0 Å². The molecule has 0 saturated heterocycles. The maximum atomic E-state index is 13.2. The van der Waals surface area contributed by atoms with E-state index in [1.807, 2.05) is 17.5 Å². The Bertz CT molecular complexity index is 1210. The van der Waals surface area contributed by atoms with Gasteiger partial charge in [-0.15, -0.1) is 11.3 Å². The predicted octanol–water partition coefficient (Wildman–Crippen LogP) is 4.11. The standard InChI is InChI=1S/C25H24N2O7S/c1-26(25(30)31-2)20-8-4-3-7-19(20)24(29)34-16-23(28)27(15-18-6-5-13-35-18)17-9-10-21-22(14-17)33-12-11-32-21/h3-10,13-14H,11-12,15-16H2,1-2H3. The van der Waals surface area contributed by atoms with Crippen molar-refractivity contribution in [1.29, 1.82) is 0 Å². The van der Waals surface area contributed by atoms with E-state index in [-0.39, 0.29) is 5.56 Å². The maximum absolute atomic E-state index is 13.2. The third-order valence-electron chi connectivity index (χ3n) is 5.29. The second-order valence-corrected chi connectivity index (χ2v) is 8.54. The molecule has 0 radical (unpaired) electrons. The van der Waals surface area contributed by atoms with Crippen molar-refractivity contribution in [1.82, 2.24) is 0 Å². The normalized spacial score (nSPS) is 11.9.